The molecule has 1 unspecified atom stereocenters. The van der Waals surface area contributed by atoms with Crippen LogP contribution < -0.4 is 4.90 Å². The molecule has 1 saturated heterocycles. The zero-order chi connectivity index (χ0) is 19.9. The van der Waals surface area contributed by atoms with E-state index in [2.05, 4.69) is 21.3 Å². The summed E-state index contributed by atoms with van der Waals surface area (Å²) in [6.45, 7) is 7.67. The second kappa shape index (κ2) is 6.82. The number of fused-ring (bicyclic) bond motifs is 1. The van der Waals surface area contributed by atoms with Crippen molar-refractivity contribution < 1.29 is 14.6 Å². The number of hydrogen-bond donors (Lipinski definition) is 1. The van der Waals surface area contributed by atoms with Crippen molar-refractivity contribution in [2.24, 2.45) is 5.92 Å². The van der Waals surface area contributed by atoms with Crippen LogP contribution in [-0.4, -0.2) is 51.5 Å². The highest BCUT2D eigenvalue weighted by Gasteiger charge is 2.37. The van der Waals surface area contributed by atoms with Crippen molar-refractivity contribution in [2.75, 3.05) is 24.5 Å². The lowest BCUT2D eigenvalue weighted by molar-refractivity contribution is 0.0291. The van der Waals surface area contributed by atoms with Gasteiger partial charge in [0.05, 0.1) is 5.69 Å². The molecule has 4 rings (SSSR count). The molecule has 0 bridgehead atoms. The molecule has 0 spiro atoms. The summed E-state index contributed by atoms with van der Waals surface area (Å²) in [5.74, 6) is 1.31. The zero-order valence-electron chi connectivity index (χ0n) is 16.3. The molecule has 0 radical (unpaired) electrons. The highest BCUT2D eigenvalue weighted by Crippen LogP contribution is 2.33. The van der Waals surface area contributed by atoms with Gasteiger partial charge in [-0.2, -0.15) is 0 Å². The minimum absolute atomic E-state index is 0.226. The van der Waals surface area contributed by atoms with Crippen molar-refractivity contribution in [1.82, 2.24) is 15.1 Å². The van der Waals surface area contributed by atoms with Crippen LogP contribution in [0.5, 0.6) is 5.75 Å². The quantitative estimate of drug-likeness (QED) is 0.860. The van der Waals surface area contributed by atoms with Crippen molar-refractivity contribution >= 4 is 11.9 Å². The van der Waals surface area contributed by atoms with Gasteiger partial charge in [-0.15, -0.1) is 10.2 Å². The average molecular weight is 380 g/mol. The summed E-state index contributed by atoms with van der Waals surface area (Å²) in [6.07, 6.45) is 1.81. The number of anilines is 1. The summed E-state index contributed by atoms with van der Waals surface area (Å²) < 4.78 is 5.47. The van der Waals surface area contributed by atoms with E-state index in [9.17, 15) is 9.90 Å². The predicted octanol–water partition coefficient (Wildman–Crippen LogP) is 3.42. The molecule has 1 amide bonds. The van der Waals surface area contributed by atoms with Gasteiger partial charge in [0.1, 0.15) is 11.4 Å². The van der Waals surface area contributed by atoms with E-state index in [0.717, 1.165) is 23.6 Å². The summed E-state index contributed by atoms with van der Waals surface area (Å²) in [7, 11) is 0. The SMILES string of the molecule is CC(C)(C)OC(=O)N1CC2=CN(c3ccc(-c4ccc(O)cc4)nn3)CC2C1. The molecule has 146 valence electrons. The Balaban J connectivity index is 1.42. The van der Waals surface area contributed by atoms with E-state index in [1.54, 1.807) is 17.0 Å². The normalized spacial score (nSPS) is 18.8. The predicted molar refractivity (Wildman–Crippen MR) is 106 cm³/mol. The Bertz CT molecular complexity index is 901. The number of rotatable bonds is 2. The molecule has 0 aliphatic carbocycles. The van der Waals surface area contributed by atoms with Crippen LogP contribution >= 0.6 is 0 Å². The number of phenols is 1. The molecule has 1 aromatic heterocycles. The number of aromatic nitrogens is 2. The van der Waals surface area contributed by atoms with Crippen molar-refractivity contribution in [3.63, 3.8) is 0 Å². The third-order valence-corrected chi connectivity index (χ3v) is 4.84. The van der Waals surface area contributed by atoms with Gasteiger partial charge in [0, 0.05) is 37.3 Å². The lowest BCUT2D eigenvalue weighted by Crippen LogP contribution is -2.36. The minimum atomic E-state index is -0.482. The molecular formula is C21H24N4O3. The summed E-state index contributed by atoms with van der Waals surface area (Å²) >= 11 is 0. The van der Waals surface area contributed by atoms with Gasteiger partial charge in [0.25, 0.3) is 0 Å². The molecule has 7 nitrogen and oxygen atoms in total. The van der Waals surface area contributed by atoms with E-state index in [1.807, 2.05) is 45.0 Å². The van der Waals surface area contributed by atoms with Gasteiger partial charge >= 0.3 is 6.09 Å². The van der Waals surface area contributed by atoms with E-state index in [4.69, 9.17) is 4.74 Å². The topological polar surface area (TPSA) is 78.8 Å². The lowest BCUT2D eigenvalue weighted by Gasteiger charge is -2.25. The number of carbonyl (C=O) groups excluding carboxylic acids is 1. The van der Waals surface area contributed by atoms with E-state index >= 15 is 0 Å². The molecule has 28 heavy (non-hydrogen) atoms. The minimum Gasteiger partial charge on any atom is -0.508 e. The Morgan fingerprint density at radius 2 is 1.86 bits per heavy atom. The fourth-order valence-electron chi connectivity index (χ4n) is 3.50. The van der Waals surface area contributed by atoms with E-state index in [0.29, 0.717) is 19.0 Å². The lowest BCUT2D eigenvalue weighted by atomic mass is 10.1. The first kappa shape index (κ1) is 18.3. The van der Waals surface area contributed by atoms with Gasteiger partial charge in [0.15, 0.2) is 5.82 Å². The maximum Gasteiger partial charge on any atom is 0.410 e. The highest BCUT2D eigenvalue weighted by molar-refractivity contribution is 5.70. The van der Waals surface area contributed by atoms with Crippen molar-refractivity contribution in [1.29, 1.82) is 0 Å². The third-order valence-electron chi connectivity index (χ3n) is 4.84. The van der Waals surface area contributed by atoms with Gasteiger partial charge in [-0.25, -0.2) is 4.79 Å². The summed E-state index contributed by atoms with van der Waals surface area (Å²) in [6, 6.07) is 10.8. The Hall–Kier alpha value is -3.09. The largest absolute Gasteiger partial charge is 0.508 e. The fraction of sp³-hybridized carbons (Fsp3) is 0.381. The van der Waals surface area contributed by atoms with Crippen molar-refractivity contribution in [3.8, 4) is 17.0 Å². The Labute approximate surface area is 164 Å². The third kappa shape index (κ3) is 3.78. The van der Waals surface area contributed by atoms with Crippen LogP contribution in [0.25, 0.3) is 11.3 Å². The van der Waals surface area contributed by atoms with Gasteiger partial charge in [-0.3, -0.25) is 0 Å². The number of carbonyl (C=O) groups is 1. The first-order chi connectivity index (χ1) is 13.3. The number of hydrogen-bond acceptors (Lipinski definition) is 6. The maximum atomic E-state index is 12.3. The number of phenolic OH excluding ortho intramolecular Hbond substituents is 1. The molecule has 1 N–H and O–H groups in total. The summed E-state index contributed by atoms with van der Waals surface area (Å²) in [4.78, 5) is 16.1. The number of ether oxygens (including phenoxy) is 1. The number of benzene rings is 1. The second-order valence-corrected chi connectivity index (χ2v) is 8.24. The smallest absolute Gasteiger partial charge is 0.410 e. The number of nitrogens with zero attached hydrogens (tertiary/aromatic N) is 4. The fourth-order valence-corrected chi connectivity index (χ4v) is 3.50. The number of likely N-dealkylation sites (tertiary alicyclic amines) is 1. The number of aromatic hydroxyl groups is 1. The van der Waals surface area contributed by atoms with E-state index < -0.39 is 5.60 Å². The Morgan fingerprint density at radius 1 is 1.11 bits per heavy atom. The Kier molecular flexibility index (Phi) is 4.45. The first-order valence-corrected chi connectivity index (χ1v) is 9.37. The van der Waals surface area contributed by atoms with Crippen molar-refractivity contribution in [2.45, 2.75) is 26.4 Å². The standard InChI is InChI=1S/C21H24N4O3/c1-21(2,3)28-20(27)25-12-15-10-24(11-16(15)13-25)19-9-8-18(22-23-19)14-4-6-17(26)7-5-14/h4-10,16,26H,11-13H2,1-3H3. The molecule has 1 fully saturated rings. The van der Waals surface area contributed by atoms with Gasteiger partial charge in [-0.05, 0) is 62.7 Å². The average Bonchev–Trinajstić information content (AvgIpc) is 3.20. The van der Waals surface area contributed by atoms with Crippen LogP contribution in [0.1, 0.15) is 20.8 Å². The van der Waals surface area contributed by atoms with Crippen molar-refractivity contribution in [3.05, 3.63) is 48.2 Å². The number of amides is 1. The van der Waals surface area contributed by atoms with E-state index in [1.165, 1.54) is 5.57 Å². The molecular weight excluding hydrogens is 356 g/mol. The molecule has 1 aromatic carbocycles. The molecule has 1 atom stereocenters. The monoisotopic (exact) mass is 380 g/mol. The van der Waals surface area contributed by atoms with Crippen LogP contribution in [0, 0.1) is 5.92 Å². The van der Waals surface area contributed by atoms with Gasteiger partial charge in [0.2, 0.25) is 0 Å². The molecule has 0 saturated carbocycles. The van der Waals surface area contributed by atoms with Crippen LogP contribution in [0.15, 0.2) is 48.2 Å². The first-order valence-electron chi connectivity index (χ1n) is 9.37. The van der Waals surface area contributed by atoms with Crippen LogP contribution in [0.4, 0.5) is 10.6 Å². The molecule has 2 aliphatic heterocycles. The molecule has 7 heteroatoms. The summed E-state index contributed by atoms with van der Waals surface area (Å²) in [5.41, 5.74) is 2.40. The summed E-state index contributed by atoms with van der Waals surface area (Å²) in [5, 5.41) is 18.1. The molecule has 3 heterocycles. The molecule has 2 aromatic rings. The van der Waals surface area contributed by atoms with Gasteiger partial charge in [-0.1, -0.05) is 0 Å². The maximum absolute atomic E-state index is 12.3. The second-order valence-electron chi connectivity index (χ2n) is 8.24. The Morgan fingerprint density at radius 3 is 2.46 bits per heavy atom. The zero-order valence-corrected chi connectivity index (χ0v) is 16.3. The van der Waals surface area contributed by atoms with Crippen LogP contribution in [-0.2, 0) is 4.74 Å². The van der Waals surface area contributed by atoms with E-state index in [-0.39, 0.29) is 11.8 Å². The molecule has 2 aliphatic rings. The highest BCUT2D eigenvalue weighted by atomic mass is 16.6. The van der Waals surface area contributed by atoms with Gasteiger partial charge < -0.3 is 19.6 Å². The van der Waals surface area contributed by atoms with Crippen LogP contribution in [0.3, 0.4) is 0 Å². The van der Waals surface area contributed by atoms with Crippen LogP contribution in [0.2, 0.25) is 0 Å².